The minimum absolute atomic E-state index is 0.0691. The van der Waals surface area contributed by atoms with E-state index in [2.05, 4.69) is 4.90 Å². The molecule has 1 aliphatic rings. The van der Waals surface area contributed by atoms with E-state index in [1.54, 1.807) is 0 Å². The van der Waals surface area contributed by atoms with E-state index in [-0.39, 0.29) is 14.9 Å². The number of likely N-dealkylation sites (tertiary alicyclic amines) is 1. The highest BCUT2D eigenvalue weighted by Gasteiger charge is 2.19. The molecular formula is C12H16Cl2N2O3S. The molecule has 0 bridgehead atoms. The van der Waals surface area contributed by atoms with E-state index in [9.17, 15) is 8.42 Å². The lowest BCUT2D eigenvalue weighted by Crippen LogP contribution is -2.25. The molecule has 0 aromatic heterocycles. The van der Waals surface area contributed by atoms with Crippen molar-refractivity contribution in [1.29, 1.82) is 0 Å². The van der Waals surface area contributed by atoms with Crippen molar-refractivity contribution in [2.45, 2.75) is 17.7 Å². The molecule has 1 fully saturated rings. The van der Waals surface area contributed by atoms with Crippen LogP contribution in [0.1, 0.15) is 12.8 Å². The van der Waals surface area contributed by atoms with Gasteiger partial charge in [0.25, 0.3) is 0 Å². The third-order valence-electron chi connectivity index (χ3n) is 3.18. The lowest BCUT2D eigenvalue weighted by Gasteiger charge is -2.16. The van der Waals surface area contributed by atoms with E-state index >= 15 is 0 Å². The normalized spacial score (nSPS) is 16.6. The summed E-state index contributed by atoms with van der Waals surface area (Å²) in [6, 6.07) is 2.77. The minimum atomic E-state index is -3.89. The van der Waals surface area contributed by atoms with Crippen molar-refractivity contribution in [3.05, 3.63) is 22.2 Å². The van der Waals surface area contributed by atoms with Crippen LogP contribution in [0.2, 0.25) is 10.0 Å². The zero-order valence-corrected chi connectivity index (χ0v) is 13.1. The summed E-state index contributed by atoms with van der Waals surface area (Å²) in [5.41, 5.74) is 0. The molecule has 20 heavy (non-hydrogen) atoms. The lowest BCUT2D eigenvalue weighted by atomic mass is 10.3. The number of ether oxygens (including phenoxy) is 1. The van der Waals surface area contributed by atoms with Crippen molar-refractivity contribution in [2.75, 3.05) is 26.2 Å². The van der Waals surface area contributed by atoms with Gasteiger partial charge in [-0.05, 0) is 38.1 Å². The Bertz CT molecular complexity index is 587. The van der Waals surface area contributed by atoms with E-state index in [1.807, 2.05) is 0 Å². The zero-order chi connectivity index (χ0) is 14.8. The van der Waals surface area contributed by atoms with Gasteiger partial charge < -0.3 is 4.74 Å². The summed E-state index contributed by atoms with van der Waals surface area (Å²) in [7, 11) is -3.89. The smallest absolute Gasteiger partial charge is 0.239 e. The Kier molecular flexibility index (Phi) is 5.14. The first-order chi connectivity index (χ1) is 9.39. The lowest BCUT2D eigenvalue weighted by molar-refractivity contribution is 0.238. The van der Waals surface area contributed by atoms with Gasteiger partial charge in [0.15, 0.2) is 0 Å². The first kappa shape index (κ1) is 15.9. The van der Waals surface area contributed by atoms with Crippen LogP contribution in [0.15, 0.2) is 17.0 Å². The number of hydrogen-bond donors (Lipinski definition) is 1. The summed E-state index contributed by atoms with van der Waals surface area (Å²) in [5, 5.41) is 5.01. The predicted octanol–water partition coefficient (Wildman–Crippen LogP) is 2.12. The third kappa shape index (κ3) is 3.77. The fraction of sp³-hybridized carbons (Fsp3) is 0.500. The van der Waals surface area contributed by atoms with Gasteiger partial charge in [-0.15, -0.1) is 0 Å². The number of halogens is 2. The number of primary sulfonamides is 1. The van der Waals surface area contributed by atoms with Gasteiger partial charge in [0.05, 0.1) is 5.02 Å². The molecule has 5 nitrogen and oxygen atoms in total. The van der Waals surface area contributed by atoms with Crippen LogP contribution in [0.4, 0.5) is 0 Å². The molecule has 0 radical (unpaired) electrons. The quantitative estimate of drug-likeness (QED) is 0.892. The van der Waals surface area contributed by atoms with Crippen molar-refractivity contribution >= 4 is 33.2 Å². The molecule has 1 aliphatic heterocycles. The summed E-state index contributed by atoms with van der Waals surface area (Å²) < 4.78 is 28.1. The van der Waals surface area contributed by atoms with Crippen LogP contribution in [0.3, 0.4) is 0 Å². The fourth-order valence-electron chi connectivity index (χ4n) is 2.14. The standard InChI is InChI=1S/C12H16Cl2N2O3S/c13-11-9(19-8-7-16-5-1-2-6-16)3-4-10(12(11)14)20(15,17)18/h3-4H,1-2,5-8H2,(H2,15,17,18). The Morgan fingerprint density at radius 3 is 2.45 bits per heavy atom. The van der Waals surface area contributed by atoms with Crippen LogP contribution in [0.5, 0.6) is 5.75 Å². The number of sulfonamides is 1. The Morgan fingerprint density at radius 1 is 1.20 bits per heavy atom. The van der Waals surface area contributed by atoms with Gasteiger partial charge in [0.2, 0.25) is 10.0 Å². The van der Waals surface area contributed by atoms with Crippen molar-refractivity contribution in [3.8, 4) is 5.75 Å². The second-order valence-corrected chi connectivity index (χ2v) is 6.92. The maximum absolute atomic E-state index is 11.3. The Balaban J connectivity index is 2.04. The molecule has 0 unspecified atom stereocenters. The molecule has 2 rings (SSSR count). The highest BCUT2D eigenvalue weighted by molar-refractivity contribution is 7.89. The van der Waals surface area contributed by atoms with Crippen LogP contribution < -0.4 is 9.88 Å². The number of rotatable bonds is 5. The molecule has 1 heterocycles. The second kappa shape index (κ2) is 6.49. The van der Waals surface area contributed by atoms with Gasteiger partial charge in [-0.25, -0.2) is 13.6 Å². The molecule has 0 atom stereocenters. The van der Waals surface area contributed by atoms with Gasteiger partial charge in [-0.3, -0.25) is 4.90 Å². The average molecular weight is 339 g/mol. The largest absolute Gasteiger partial charge is 0.491 e. The number of nitrogens with two attached hydrogens (primary N) is 1. The average Bonchev–Trinajstić information content (AvgIpc) is 2.86. The molecular weight excluding hydrogens is 323 g/mol. The van der Waals surface area contributed by atoms with Crippen molar-refractivity contribution < 1.29 is 13.2 Å². The number of nitrogens with zero attached hydrogens (tertiary/aromatic N) is 1. The summed E-state index contributed by atoms with van der Waals surface area (Å²) in [4.78, 5) is 2.10. The van der Waals surface area contributed by atoms with Crippen LogP contribution in [0, 0.1) is 0 Å². The van der Waals surface area contributed by atoms with E-state index in [1.165, 1.54) is 25.0 Å². The Hall–Kier alpha value is -0.530. The van der Waals surface area contributed by atoms with Crippen LogP contribution in [0.25, 0.3) is 0 Å². The molecule has 1 saturated heterocycles. The predicted molar refractivity (Wildman–Crippen MR) is 79.0 cm³/mol. The van der Waals surface area contributed by atoms with E-state index in [0.29, 0.717) is 12.4 Å². The van der Waals surface area contributed by atoms with Crippen molar-refractivity contribution in [2.24, 2.45) is 5.14 Å². The summed E-state index contributed by atoms with van der Waals surface area (Å²) in [6.45, 7) is 3.46. The molecule has 1 aromatic carbocycles. The second-order valence-electron chi connectivity index (χ2n) is 4.63. The molecule has 0 saturated carbocycles. The summed E-state index contributed by atoms with van der Waals surface area (Å²) in [6.07, 6.45) is 2.44. The number of benzene rings is 1. The first-order valence-electron chi connectivity index (χ1n) is 6.25. The maximum atomic E-state index is 11.3. The van der Waals surface area contributed by atoms with Crippen LogP contribution >= 0.6 is 23.2 Å². The molecule has 112 valence electrons. The van der Waals surface area contributed by atoms with Gasteiger partial charge in [0, 0.05) is 6.54 Å². The first-order valence-corrected chi connectivity index (χ1v) is 8.56. The van der Waals surface area contributed by atoms with Crippen molar-refractivity contribution in [3.63, 3.8) is 0 Å². The van der Waals surface area contributed by atoms with E-state index in [4.69, 9.17) is 33.1 Å². The zero-order valence-electron chi connectivity index (χ0n) is 10.8. The Labute approximate surface area is 128 Å². The highest BCUT2D eigenvalue weighted by atomic mass is 35.5. The van der Waals surface area contributed by atoms with Gasteiger partial charge in [-0.1, -0.05) is 23.2 Å². The van der Waals surface area contributed by atoms with Gasteiger partial charge in [-0.2, -0.15) is 0 Å². The molecule has 8 heteroatoms. The monoisotopic (exact) mass is 338 g/mol. The Morgan fingerprint density at radius 2 is 1.85 bits per heavy atom. The third-order valence-corrected chi connectivity index (χ3v) is 5.11. The van der Waals surface area contributed by atoms with E-state index in [0.717, 1.165) is 19.6 Å². The molecule has 0 aliphatic carbocycles. The van der Waals surface area contributed by atoms with Gasteiger partial charge >= 0.3 is 0 Å². The van der Waals surface area contributed by atoms with Crippen molar-refractivity contribution in [1.82, 2.24) is 4.90 Å². The molecule has 1 aromatic rings. The molecule has 0 spiro atoms. The van der Waals surface area contributed by atoms with E-state index < -0.39 is 10.0 Å². The molecule has 2 N–H and O–H groups in total. The number of hydrogen-bond acceptors (Lipinski definition) is 4. The SMILES string of the molecule is NS(=O)(=O)c1ccc(OCCN2CCCC2)c(Cl)c1Cl. The minimum Gasteiger partial charge on any atom is -0.491 e. The fourth-order valence-corrected chi connectivity index (χ4v) is 3.50. The maximum Gasteiger partial charge on any atom is 0.239 e. The van der Waals surface area contributed by atoms with Gasteiger partial charge in [0.1, 0.15) is 22.3 Å². The van der Waals surface area contributed by atoms with Crippen LogP contribution in [-0.2, 0) is 10.0 Å². The summed E-state index contributed by atoms with van der Waals surface area (Å²) >= 11 is 11.9. The topological polar surface area (TPSA) is 72.6 Å². The van der Waals surface area contributed by atoms with Crippen LogP contribution in [-0.4, -0.2) is 39.6 Å². The highest BCUT2D eigenvalue weighted by Crippen LogP contribution is 2.36. The molecule has 0 amide bonds. The summed E-state index contributed by atoms with van der Waals surface area (Å²) in [5.74, 6) is 0.364.